The number of nitrogens with zero attached hydrogens (tertiary/aromatic N) is 3. The van der Waals surface area contributed by atoms with Gasteiger partial charge in [0.15, 0.2) is 5.70 Å². The van der Waals surface area contributed by atoms with Gasteiger partial charge in [0.25, 0.3) is 0 Å². The molecule has 1 aliphatic heterocycles. The number of imidazole rings is 1. The van der Waals surface area contributed by atoms with Crippen LogP contribution in [0.5, 0.6) is 0 Å². The second-order valence-corrected chi connectivity index (χ2v) is 5.45. The topological polar surface area (TPSA) is 81.9 Å². The van der Waals surface area contributed by atoms with E-state index in [0.717, 1.165) is 11.3 Å². The normalized spacial score (nSPS) is 17.9. The van der Waals surface area contributed by atoms with Crippen LogP contribution in [0.1, 0.15) is 30.0 Å². The molecule has 108 valence electrons. The van der Waals surface area contributed by atoms with Crippen LogP contribution in [-0.4, -0.2) is 25.5 Å². The number of hydrazine groups is 2. The van der Waals surface area contributed by atoms with Gasteiger partial charge in [-0.1, -0.05) is 6.07 Å². The number of fused-ring (bicyclic) bond motifs is 1. The number of rotatable bonds is 4. The van der Waals surface area contributed by atoms with E-state index >= 15 is 0 Å². The van der Waals surface area contributed by atoms with Crippen LogP contribution in [0, 0.1) is 0 Å². The Hall–Kier alpha value is -2.54. The molecule has 3 heterocycles. The van der Waals surface area contributed by atoms with E-state index in [9.17, 15) is 4.79 Å². The molecule has 0 amide bonds. The van der Waals surface area contributed by atoms with E-state index in [1.807, 2.05) is 16.7 Å². The molecule has 2 aromatic heterocycles. The molecule has 21 heavy (non-hydrogen) atoms. The highest BCUT2D eigenvalue weighted by Gasteiger charge is 2.24. The molecule has 0 bridgehead atoms. The molecule has 2 aliphatic rings. The second-order valence-electron chi connectivity index (χ2n) is 5.45. The summed E-state index contributed by atoms with van der Waals surface area (Å²) in [4.78, 5) is 15.4. The number of carboxylic acids is 1. The minimum absolute atomic E-state index is 0.120. The van der Waals surface area contributed by atoms with Crippen LogP contribution in [0.15, 0.2) is 36.4 Å². The minimum Gasteiger partial charge on any atom is -0.476 e. The van der Waals surface area contributed by atoms with Crippen molar-refractivity contribution in [2.24, 2.45) is 0 Å². The van der Waals surface area contributed by atoms with E-state index in [1.165, 1.54) is 24.6 Å². The van der Waals surface area contributed by atoms with E-state index in [0.29, 0.717) is 12.5 Å². The Morgan fingerprint density at radius 3 is 2.95 bits per heavy atom. The Bertz CT molecular complexity index is 747. The van der Waals surface area contributed by atoms with Gasteiger partial charge in [-0.25, -0.2) is 9.78 Å². The molecule has 0 atom stereocenters. The zero-order valence-electron chi connectivity index (χ0n) is 11.3. The first-order valence-corrected chi connectivity index (χ1v) is 6.90. The third-order valence-corrected chi connectivity index (χ3v) is 3.75. The summed E-state index contributed by atoms with van der Waals surface area (Å²) >= 11 is 0. The molecule has 4 rings (SSSR count). The van der Waals surface area contributed by atoms with Crippen LogP contribution in [0.3, 0.4) is 0 Å². The quantitative estimate of drug-likeness (QED) is 0.776. The molecule has 0 saturated heterocycles. The Labute approximate surface area is 120 Å². The van der Waals surface area contributed by atoms with Crippen LogP contribution < -0.4 is 11.0 Å². The lowest BCUT2D eigenvalue weighted by atomic mass is 10.2. The van der Waals surface area contributed by atoms with Crippen LogP contribution in [0.2, 0.25) is 0 Å². The van der Waals surface area contributed by atoms with Crippen molar-refractivity contribution in [2.45, 2.75) is 25.3 Å². The highest BCUT2D eigenvalue weighted by molar-refractivity contribution is 5.85. The number of pyridine rings is 1. The van der Waals surface area contributed by atoms with Crippen molar-refractivity contribution in [1.29, 1.82) is 0 Å². The van der Waals surface area contributed by atoms with Crippen molar-refractivity contribution in [3.8, 4) is 0 Å². The highest BCUT2D eigenvalue weighted by Crippen LogP contribution is 2.39. The monoisotopic (exact) mass is 285 g/mol. The maximum absolute atomic E-state index is 10.8. The number of carboxylic acid groups (broad SMARTS) is 1. The van der Waals surface area contributed by atoms with Crippen LogP contribution in [0.25, 0.3) is 5.65 Å². The van der Waals surface area contributed by atoms with E-state index in [-0.39, 0.29) is 5.70 Å². The molecular weight excluding hydrogens is 270 g/mol. The molecular formula is C14H15N5O2. The van der Waals surface area contributed by atoms with E-state index in [4.69, 9.17) is 5.11 Å². The van der Waals surface area contributed by atoms with E-state index in [1.54, 1.807) is 5.01 Å². The summed E-state index contributed by atoms with van der Waals surface area (Å²) in [6.07, 6.45) is 8.19. The van der Waals surface area contributed by atoms with Gasteiger partial charge in [-0.15, -0.1) is 5.53 Å². The molecule has 0 aromatic carbocycles. The van der Waals surface area contributed by atoms with Crippen molar-refractivity contribution >= 4 is 11.6 Å². The van der Waals surface area contributed by atoms with Crippen molar-refractivity contribution in [3.05, 3.63) is 47.7 Å². The maximum atomic E-state index is 10.8. The van der Waals surface area contributed by atoms with Gasteiger partial charge in [0, 0.05) is 12.4 Å². The van der Waals surface area contributed by atoms with Gasteiger partial charge in [-0.3, -0.25) is 10.4 Å². The Kier molecular flexibility index (Phi) is 2.61. The van der Waals surface area contributed by atoms with Gasteiger partial charge in [-0.05, 0) is 30.4 Å². The summed E-state index contributed by atoms with van der Waals surface area (Å²) in [5, 5.41) is 10.5. The standard InChI is InChI=1S/C14H15N5O2/c20-14(21)12-8-19(17-16-12)7-11-6-18-5-10(9-1-2-9)3-4-13(18)15-11/h3-6,8-9,16-17H,1-2,7H2,(H,20,21). The number of nitrogens with one attached hydrogen (secondary N) is 2. The van der Waals surface area contributed by atoms with Crippen molar-refractivity contribution in [2.75, 3.05) is 0 Å². The molecule has 7 nitrogen and oxygen atoms in total. The first-order chi connectivity index (χ1) is 10.2. The highest BCUT2D eigenvalue weighted by atomic mass is 16.4. The molecule has 0 radical (unpaired) electrons. The van der Waals surface area contributed by atoms with Gasteiger partial charge in [0.2, 0.25) is 0 Å². The van der Waals surface area contributed by atoms with Crippen molar-refractivity contribution in [1.82, 2.24) is 25.4 Å². The predicted molar refractivity (Wildman–Crippen MR) is 74.7 cm³/mol. The molecule has 1 saturated carbocycles. The lowest BCUT2D eigenvalue weighted by Gasteiger charge is -2.12. The van der Waals surface area contributed by atoms with Crippen LogP contribution in [0.4, 0.5) is 0 Å². The van der Waals surface area contributed by atoms with Gasteiger partial charge >= 0.3 is 5.97 Å². The SMILES string of the molecule is O=C(O)C1=CN(Cc2cn3cc(C4CC4)ccc3n2)NN1. The number of hydrogen-bond donors (Lipinski definition) is 3. The summed E-state index contributed by atoms with van der Waals surface area (Å²) < 4.78 is 2.04. The molecule has 1 fully saturated rings. The third kappa shape index (κ3) is 2.31. The summed E-state index contributed by atoms with van der Waals surface area (Å²) in [6.45, 7) is 0.490. The Balaban J connectivity index is 1.55. The Morgan fingerprint density at radius 1 is 1.38 bits per heavy atom. The molecule has 2 aromatic rings. The maximum Gasteiger partial charge on any atom is 0.354 e. The smallest absolute Gasteiger partial charge is 0.354 e. The summed E-state index contributed by atoms with van der Waals surface area (Å²) in [5.74, 6) is -0.278. The number of aromatic nitrogens is 2. The van der Waals surface area contributed by atoms with Crippen LogP contribution in [-0.2, 0) is 11.3 Å². The molecule has 7 heteroatoms. The van der Waals surface area contributed by atoms with Gasteiger partial charge in [0.1, 0.15) is 5.65 Å². The van der Waals surface area contributed by atoms with Crippen molar-refractivity contribution < 1.29 is 9.90 Å². The molecule has 0 spiro atoms. The molecule has 1 aliphatic carbocycles. The van der Waals surface area contributed by atoms with Gasteiger partial charge in [0.05, 0.1) is 18.4 Å². The fourth-order valence-electron chi connectivity index (χ4n) is 2.52. The first kappa shape index (κ1) is 12.2. The minimum atomic E-state index is -0.992. The zero-order chi connectivity index (χ0) is 14.4. The predicted octanol–water partition coefficient (Wildman–Crippen LogP) is 0.963. The summed E-state index contributed by atoms with van der Waals surface area (Å²) in [5.41, 5.74) is 8.64. The molecule has 3 N–H and O–H groups in total. The largest absolute Gasteiger partial charge is 0.476 e. The number of hydrogen-bond acceptors (Lipinski definition) is 5. The van der Waals surface area contributed by atoms with Gasteiger partial charge < -0.3 is 9.51 Å². The van der Waals surface area contributed by atoms with E-state index < -0.39 is 5.97 Å². The average molecular weight is 285 g/mol. The van der Waals surface area contributed by atoms with Gasteiger partial charge in [-0.2, -0.15) is 0 Å². The lowest BCUT2D eigenvalue weighted by molar-refractivity contribution is -0.133. The zero-order valence-corrected chi connectivity index (χ0v) is 11.3. The van der Waals surface area contributed by atoms with Crippen LogP contribution >= 0.6 is 0 Å². The fraction of sp³-hybridized carbons (Fsp3) is 0.286. The molecule has 0 unspecified atom stereocenters. The average Bonchev–Trinajstić information content (AvgIpc) is 3.07. The first-order valence-electron chi connectivity index (χ1n) is 6.90. The number of carbonyl (C=O) groups is 1. The lowest BCUT2D eigenvalue weighted by Crippen LogP contribution is -2.36. The second kappa shape index (κ2) is 4.49. The third-order valence-electron chi connectivity index (χ3n) is 3.75. The van der Waals surface area contributed by atoms with Crippen molar-refractivity contribution in [3.63, 3.8) is 0 Å². The Morgan fingerprint density at radius 2 is 2.24 bits per heavy atom. The number of aliphatic carboxylic acids is 1. The summed E-state index contributed by atoms with van der Waals surface area (Å²) in [6, 6.07) is 4.17. The summed E-state index contributed by atoms with van der Waals surface area (Å²) in [7, 11) is 0. The van der Waals surface area contributed by atoms with E-state index in [2.05, 4.69) is 28.2 Å². The fourth-order valence-corrected chi connectivity index (χ4v) is 2.52.